The van der Waals surface area contributed by atoms with Crippen LogP contribution in [0.5, 0.6) is 0 Å². The van der Waals surface area contributed by atoms with Crippen LogP contribution in [0.4, 0.5) is 0 Å². The van der Waals surface area contributed by atoms with Crippen molar-refractivity contribution in [2.45, 2.75) is 45.3 Å². The molecule has 1 N–H and O–H groups in total. The molecule has 1 aromatic heterocycles. The predicted molar refractivity (Wildman–Crippen MR) is 111 cm³/mol. The molecule has 1 aromatic carbocycles. The van der Waals surface area contributed by atoms with Gasteiger partial charge in [0.1, 0.15) is 5.54 Å². The highest BCUT2D eigenvalue weighted by Crippen LogP contribution is 2.47. The van der Waals surface area contributed by atoms with Crippen LogP contribution in [0.3, 0.4) is 0 Å². The van der Waals surface area contributed by atoms with Gasteiger partial charge in [-0.25, -0.2) is 0 Å². The molecule has 6 heteroatoms. The number of pyridine rings is 1. The van der Waals surface area contributed by atoms with E-state index < -0.39 is 17.4 Å². The molecule has 1 amide bonds. The first-order valence-corrected chi connectivity index (χ1v) is 9.84. The molecule has 1 saturated heterocycles. The standard InChI is InChI=1S/C23H29N3O3/c1-15-9-6-7-11-17(15)20-18(13-23(3,22(28)29)26(20)5)21(27)25(4)14-19-16(2)10-8-12-24-19/h6-12,18,20H,13-14H2,1-5H3,(H,28,29)/t18-,20-,23-/m1/s1. The molecule has 6 nitrogen and oxygen atoms in total. The lowest BCUT2D eigenvalue weighted by Gasteiger charge is -2.33. The Bertz CT molecular complexity index is 929. The summed E-state index contributed by atoms with van der Waals surface area (Å²) in [7, 11) is 3.57. The zero-order valence-corrected chi connectivity index (χ0v) is 17.7. The number of aliphatic carboxylic acids is 1. The number of aromatic nitrogens is 1. The topological polar surface area (TPSA) is 73.7 Å². The molecule has 2 aromatic rings. The number of carbonyl (C=O) groups is 2. The summed E-state index contributed by atoms with van der Waals surface area (Å²) in [5, 5.41) is 9.91. The Kier molecular flexibility index (Phi) is 5.75. The van der Waals surface area contributed by atoms with Crippen molar-refractivity contribution >= 4 is 11.9 Å². The van der Waals surface area contributed by atoms with Gasteiger partial charge in [-0.15, -0.1) is 0 Å². The lowest BCUT2D eigenvalue weighted by Crippen LogP contribution is -2.46. The van der Waals surface area contributed by atoms with Crippen LogP contribution in [0, 0.1) is 19.8 Å². The number of hydrogen-bond donors (Lipinski definition) is 1. The molecule has 1 aliphatic rings. The number of carboxylic acids is 1. The fourth-order valence-corrected chi connectivity index (χ4v) is 4.33. The van der Waals surface area contributed by atoms with E-state index in [1.807, 2.05) is 55.1 Å². The highest BCUT2D eigenvalue weighted by molar-refractivity contribution is 5.85. The summed E-state index contributed by atoms with van der Waals surface area (Å²) in [6, 6.07) is 11.4. The molecule has 1 fully saturated rings. The SMILES string of the molecule is Cc1ccccc1[C@@H]1[C@H](C(=O)N(C)Cc2ncccc2C)C[C@](C)(C(=O)O)N1C. The number of aryl methyl sites for hydroxylation is 2. The van der Waals surface area contributed by atoms with E-state index in [9.17, 15) is 14.7 Å². The van der Waals surface area contributed by atoms with Crippen molar-refractivity contribution < 1.29 is 14.7 Å². The van der Waals surface area contributed by atoms with Crippen LogP contribution < -0.4 is 0 Å². The summed E-state index contributed by atoms with van der Waals surface area (Å²) >= 11 is 0. The minimum Gasteiger partial charge on any atom is -0.480 e. The van der Waals surface area contributed by atoms with Crippen LogP contribution in [0.15, 0.2) is 42.6 Å². The first kappa shape index (κ1) is 21.0. The van der Waals surface area contributed by atoms with Crippen LogP contribution in [0.2, 0.25) is 0 Å². The van der Waals surface area contributed by atoms with E-state index in [0.29, 0.717) is 6.54 Å². The lowest BCUT2D eigenvalue weighted by atomic mass is 9.87. The number of likely N-dealkylation sites (N-methyl/N-ethyl adjacent to an activating group) is 1. The van der Waals surface area contributed by atoms with Crippen molar-refractivity contribution in [1.29, 1.82) is 0 Å². The van der Waals surface area contributed by atoms with E-state index in [1.54, 1.807) is 32.1 Å². The van der Waals surface area contributed by atoms with Gasteiger partial charge in [-0.3, -0.25) is 19.5 Å². The monoisotopic (exact) mass is 395 g/mol. The van der Waals surface area contributed by atoms with Crippen molar-refractivity contribution in [2.24, 2.45) is 5.92 Å². The number of hydrogen-bond acceptors (Lipinski definition) is 4. The lowest BCUT2D eigenvalue weighted by molar-refractivity contribution is -0.148. The van der Waals surface area contributed by atoms with Gasteiger partial charge in [0, 0.05) is 19.3 Å². The number of nitrogens with zero attached hydrogens (tertiary/aromatic N) is 3. The molecular weight excluding hydrogens is 366 g/mol. The fourth-order valence-electron chi connectivity index (χ4n) is 4.33. The van der Waals surface area contributed by atoms with Crippen molar-refractivity contribution in [1.82, 2.24) is 14.8 Å². The van der Waals surface area contributed by atoms with Gasteiger partial charge in [0.2, 0.25) is 5.91 Å². The first-order chi connectivity index (χ1) is 13.7. The van der Waals surface area contributed by atoms with Crippen molar-refractivity contribution in [3.05, 3.63) is 65.0 Å². The molecular formula is C23H29N3O3. The first-order valence-electron chi connectivity index (χ1n) is 9.84. The molecule has 1 aliphatic heterocycles. The number of carboxylic acid groups (broad SMARTS) is 1. The van der Waals surface area contributed by atoms with E-state index in [2.05, 4.69) is 4.98 Å². The van der Waals surface area contributed by atoms with Gasteiger partial charge in [-0.05, 0) is 57.0 Å². The Morgan fingerprint density at radius 2 is 1.86 bits per heavy atom. The van der Waals surface area contributed by atoms with Gasteiger partial charge >= 0.3 is 5.97 Å². The summed E-state index contributed by atoms with van der Waals surface area (Å²) in [5.41, 5.74) is 2.83. The zero-order chi connectivity index (χ0) is 21.3. The second-order valence-electron chi connectivity index (χ2n) is 8.26. The molecule has 0 saturated carbocycles. The maximum Gasteiger partial charge on any atom is 0.323 e. The number of rotatable bonds is 5. The van der Waals surface area contributed by atoms with E-state index in [4.69, 9.17) is 0 Å². The minimum absolute atomic E-state index is 0.0554. The second-order valence-corrected chi connectivity index (χ2v) is 8.26. The summed E-state index contributed by atoms with van der Waals surface area (Å²) in [4.78, 5) is 33.5. The Morgan fingerprint density at radius 1 is 1.21 bits per heavy atom. The van der Waals surface area contributed by atoms with E-state index >= 15 is 0 Å². The largest absolute Gasteiger partial charge is 0.480 e. The third-order valence-electron chi connectivity index (χ3n) is 6.36. The molecule has 3 atom stereocenters. The molecule has 154 valence electrons. The number of amides is 1. The molecule has 2 heterocycles. The third kappa shape index (κ3) is 3.77. The predicted octanol–water partition coefficient (Wildman–Crippen LogP) is 3.19. The van der Waals surface area contributed by atoms with Crippen LogP contribution in [-0.4, -0.2) is 51.4 Å². The van der Waals surface area contributed by atoms with Gasteiger partial charge in [-0.1, -0.05) is 30.3 Å². The van der Waals surface area contributed by atoms with E-state index in [-0.39, 0.29) is 18.4 Å². The van der Waals surface area contributed by atoms with Crippen LogP contribution in [0.25, 0.3) is 0 Å². The molecule has 0 radical (unpaired) electrons. The third-order valence-corrected chi connectivity index (χ3v) is 6.36. The van der Waals surface area contributed by atoms with Crippen molar-refractivity contribution in [3.63, 3.8) is 0 Å². The Morgan fingerprint density at radius 3 is 2.48 bits per heavy atom. The van der Waals surface area contributed by atoms with Gasteiger partial charge in [0.25, 0.3) is 0 Å². The van der Waals surface area contributed by atoms with Gasteiger partial charge in [0.05, 0.1) is 18.2 Å². The van der Waals surface area contributed by atoms with E-state index in [0.717, 1.165) is 22.4 Å². The van der Waals surface area contributed by atoms with Gasteiger partial charge < -0.3 is 10.0 Å². The van der Waals surface area contributed by atoms with E-state index in [1.165, 1.54) is 0 Å². The molecule has 3 rings (SSSR count). The highest BCUT2D eigenvalue weighted by Gasteiger charge is 2.55. The van der Waals surface area contributed by atoms with Crippen LogP contribution >= 0.6 is 0 Å². The molecule has 0 spiro atoms. The Hall–Kier alpha value is -2.73. The molecule has 0 aliphatic carbocycles. The Balaban J connectivity index is 1.95. The summed E-state index contributed by atoms with van der Waals surface area (Å²) in [6.07, 6.45) is 1.99. The molecule has 29 heavy (non-hydrogen) atoms. The average Bonchev–Trinajstić information content (AvgIpc) is 2.96. The summed E-state index contributed by atoms with van der Waals surface area (Å²) < 4.78 is 0. The fraction of sp³-hybridized carbons (Fsp3) is 0.435. The van der Waals surface area contributed by atoms with Crippen LogP contribution in [-0.2, 0) is 16.1 Å². The number of carbonyl (C=O) groups excluding carboxylic acids is 1. The van der Waals surface area contributed by atoms with Gasteiger partial charge in [0.15, 0.2) is 0 Å². The van der Waals surface area contributed by atoms with Crippen LogP contribution in [0.1, 0.15) is 41.8 Å². The number of benzene rings is 1. The summed E-state index contributed by atoms with van der Waals surface area (Å²) in [5.74, 6) is -1.41. The normalized spacial score (nSPS) is 24.4. The summed E-state index contributed by atoms with van der Waals surface area (Å²) in [6.45, 7) is 6.08. The maximum absolute atomic E-state index is 13.5. The quantitative estimate of drug-likeness (QED) is 0.842. The van der Waals surface area contributed by atoms with Gasteiger partial charge in [-0.2, -0.15) is 0 Å². The smallest absolute Gasteiger partial charge is 0.323 e. The highest BCUT2D eigenvalue weighted by atomic mass is 16.4. The zero-order valence-electron chi connectivity index (χ0n) is 17.7. The maximum atomic E-state index is 13.5. The minimum atomic E-state index is -1.10. The Labute approximate surface area is 172 Å². The average molecular weight is 396 g/mol. The second kappa shape index (κ2) is 7.95. The van der Waals surface area contributed by atoms with Crippen molar-refractivity contribution in [2.75, 3.05) is 14.1 Å². The van der Waals surface area contributed by atoms with Crippen molar-refractivity contribution in [3.8, 4) is 0 Å². The molecule has 0 unspecified atom stereocenters. The molecule has 0 bridgehead atoms. The number of likely N-dealkylation sites (tertiary alicyclic amines) is 1.